The monoisotopic (exact) mass is 494 g/mol. The predicted molar refractivity (Wildman–Crippen MR) is 123 cm³/mol. The van der Waals surface area contributed by atoms with Crippen molar-refractivity contribution in [1.82, 2.24) is 10.2 Å². The van der Waals surface area contributed by atoms with Crippen molar-refractivity contribution in [1.29, 1.82) is 5.26 Å². The zero-order chi connectivity index (χ0) is 22.8. The van der Waals surface area contributed by atoms with E-state index in [1.54, 1.807) is 0 Å². The van der Waals surface area contributed by atoms with E-state index >= 15 is 0 Å². The first kappa shape index (κ1) is 21.8. The van der Waals surface area contributed by atoms with Crippen LogP contribution in [0.15, 0.2) is 52.3 Å². The molecule has 2 aromatic carbocycles. The van der Waals surface area contributed by atoms with Gasteiger partial charge >= 0.3 is 0 Å². The lowest BCUT2D eigenvalue weighted by atomic mass is 9.84. The van der Waals surface area contributed by atoms with Crippen molar-refractivity contribution in [3.05, 3.63) is 80.3 Å². The largest absolute Gasteiger partial charge is 0.490 e. The molecule has 2 heterocycles. The van der Waals surface area contributed by atoms with Crippen molar-refractivity contribution in [2.24, 2.45) is 5.73 Å². The Kier molecular flexibility index (Phi) is 6.10. The predicted octanol–water partition coefficient (Wildman–Crippen LogP) is 4.98. The van der Waals surface area contributed by atoms with Crippen molar-refractivity contribution >= 4 is 15.9 Å². The van der Waals surface area contributed by atoms with Gasteiger partial charge in [-0.1, -0.05) is 29.8 Å². The van der Waals surface area contributed by atoms with Crippen molar-refractivity contribution < 1.29 is 14.2 Å². The third-order valence-electron chi connectivity index (χ3n) is 5.30. The molecule has 3 N–H and O–H groups in total. The highest BCUT2D eigenvalue weighted by Crippen LogP contribution is 2.46. The molecule has 3 aromatic rings. The molecular weight excluding hydrogens is 472 g/mol. The number of halogens is 1. The van der Waals surface area contributed by atoms with Gasteiger partial charge in [-0.25, -0.2) is 0 Å². The first-order valence-electron chi connectivity index (χ1n) is 10.2. The highest BCUT2D eigenvalue weighted by atomic mass is 79.9. The minimum Gasteiger partial charge on any atom is -0.490 e. The molecule has 164 valence electrons. The number of hydrogen-bond donors (Lipinski definition) is 2. The maximum absolute atomic E-state index is 9.81. The molecule has 0 aliphatic carbocycles. The van der Waals surface area contributed by atoms with Crippen LogP contribution in [0.5, 0.6) is 17.4 Å². The number of nitrogens with two attached hydrogens (primary N) is 1. The van der Waals surface area contributed by atoms with Gasteiger partial charge in [-0.05, 0) is 60.0 Å². The van der Waals surface area contributed by atoms with E-state index in [0.717, 1.165) is 26.9 Å². The summed E-state index contributed by atoms with van der Waals surface area (Å²) in [6.07, 6.45) is 0. The van der Waals surface area contributed by atoms with E-state index in [2.05, 4.69) is 44.3 Å². The van der Waals surface area contributed by atoms with Gasteiger partial charge in [0, 0.05) is 11.3 Å². The number of nitriles is 1. The van der Waals surface area contributed by atoms with Gasteiger partial charge in [-0.3, -0.25) is 5.10 Å². The fourth-order valence-corrected chi connectivity index (χ4v) is 4.30. The topological polar surface area (TPSA) is 106 Å². The summed E-state index contributed by atoms with van der Waals surface area (Å²) in [5.41, 5.74) is 11.0. The summed E-state index contributed by atoms with van der Waals surface area (Å²) >= 11 is 3.64. The van der Waals surface area contributed by atoms with Crippen LogP contribution in [0.4, 0.5) is 0 Å². The van der Waals surface area contributed by atoms with Crippen molar-refractivity contribution in [3.8, 4) is 23.4 Å². The van der Waals surface area contributed by atoms with E-state index in [0.29, 0.717) is 36.2 Å². The summed E-state index contributed by atoms with van der Waals surface area (Å²) in [5.74, 6) is 1.16. The van der Waals surface area contributed by atoms with E-state index in [9.17, 15) is 5.26 Å². The molecular formula is C24H23BrN4O3. The summed E-state index contributed by atoms with van der Waals surface area (Å²) in [5, 5.41) is 16.9. The number of benzene rings is 2. The number of allylic oxidation sites excluding steroid dienone is 1. The molecule has 0 saturated carbocycles. The second-order valence-electron chi connectivity index (χ2n) is 7.53. The van der Waals surface area contributed by atoms with Crippen LogP contribution in [0.1, 0.15) is 40.8 Å². The van der Waals surface area contributed by atoms with Gasteiger partial charge in [0.2, 0.25) is 11.8 Å². The van der Waals surface area contributed by atoms with Gasteiger partial charge in [0.05, 0.1) is 17.0 Å². The molecule has 4 rings (SSSR count). The maximum atomic E-state index is 9.81. The first-order valence-corrected chi connectivity index (χ1v) is 11.0. The Hall–Kier alpha value is -3.44. The summed E-state index contributed by atoms with van der Waals surface area (Å²) in [4.78, 5) is 0. The molecule has 0 radical (unpaired) electrons. The minimum absolute atomic E-state index is 0.0466. The molecule has 8 heteroatoms. The Bertz CT molecular complexity index is 1230. The first-order chi connectivity index (χ1) is 15.4. The standard InChI is InChI=1S/C24H23BrN4O3/c1-4-30-19-10-16(9-18(25)22(19)31-12-15-7-5-13(2)6-8-15)21-17(11-26)23(27)32-24-20(21)14(3)28-29-24/h5-10,21H,4,12,27H2,1-3H3,(H,28,29)/t21-/m0/s1. The van der Waals surface area contributed by atoms with Crippen molar-refractivity contribution in [2.75, 3.05) is 6.61 Å². The number of fused-ring (bicyclic) bond motifs is 1. The molecule has 1 aromatic heterocycles. The normalized spacial score (nSPS) is 15.0. The van der Waals surface area contributed by atoms with E-state index in [-0.39, 0.29) is 5.88 Å². The van der Waals surface area contributed by atoms with Crippen molar-refractivity contribution in [2.45, 2.75) is 33.3 Å². The molecule has 1 aliphatic heterocycles. The highest BCUT2D eigenvalue weighted by Gasteiger charge is 2.35. The number of nitrogens with one attached hydrogen (secondary N) is 1. The van der Waals surface area contributed by atoms with Gasteiger partial charge in [0.15, 0.2) is 11.5 Å². The lowest BCUT2D eigenvalue weighted by Gasteiger charge is -2.25. The van der Waals surface area contributed by atoms with Gasteiger partial charge in [-0.2, -0.15) is 5.26 Å². The average Bonchev–Trinajstić information content (AvgIpc) is 3.13. The van der Waals surface area contributed by atoms with Crippen LogP contribution in [-0.4, -0.2) is 16.8 Å². The van der Waals surface area contributed by atoms with E-state index in [1.807, 2.05) is 45.0 Å². The quantitative estimate of drug-likeness (QED) is 0.500. The van der Waals surface area contributed by atoms with Gasteiger partial charge < -0.3 is 19.9 Å². The Morgan fingerprint density at radius 2 is 1.97 bits per heavy atom. The number of hydrogen-bond acceptors (Lipinski definition) is 6. The Morgan fingerprint density at radius 1 is 1.22 bits per heavy atom. The molecule has 1 atom stereocenters. The molecule has 1 aliphatic rings. The van der Waals surface area contributed by atoms with Crippen LogP contribution in [0.25, 0.3) is 0 Å². The molecule has 0 bridgehead atoms. The summed E-state index contributed by atoms with van der Waals surface area (Å²) in [7, 11) is 0. The zero-order valence-corrected chi connectivity index (χ0v) is 19.6. The Balaban J connectivity index is 1.75. The van der Waals surface area contributed by atoms with E-state index < -0.39 is 5.92 Å². The van der Waals surface area contributed by atoms with Crippen molar-refractivity contribution in [3.63, 3.8) is 0 Å². The van der Waals surface area contributed by atoms with Gasteiger partial charge in [0.1, 0.15) is 18.2 Å². The molecule has 0 fully saturated rings. The number of ether oxygens (including phenoxy) is 3. The summed E-state index contributed by atoms with van der Waals surface area (Å²) in [6.45, 7) is 6.71. The van der Waals surface area contributed by atoms with Crippen LogP contribution in [0, 0.1) is 25.2 Å². The van der Waals surface area contributed by atoms with Crippen LogP contribution >= 0.6 is 15.9 Å². The SMILES string of the molecule is CCOc1cc([C@H]2C(C#N)=C(N)Oc3n[nH]c(C)c32)cc(Br)c1OCc1ccc(C)cc1. The van der Waals surface area contributed by atoms with E-state index in [4.69, 9.17) is 19.9 Å². The van der Waals surface area contributed by atoms with Crippen LogP contribution in [-0.2, 0) is 6.61 Å². The summed E-state index contributed by atoms with van der Waals surface area (Å²) in [6, 6.07) is 14.2. The fraction of sp³-hybridized carbons (Fsp3) is 0.250. The maximum Gasteiger partial charge on any atom is 0.244 e. The molecule has 7 nitrogen and oxygen atoms in total. The fourth-order valence-electron chi connectivity index (χ4n) is 3.73. The lowest BCUT2D eigenvalue weighted by Crippen LogP contribution is -2.21. The molecule has 0 unspecified atom stereocenters. The summed E-state index contributed by atoms with van der Waals surface area (Å²) < 4.78 is 18.3. The second kappa shape index (κ2) is 8.97. The van der Waals surface area contributed by atoms with E-state index in [1.165, 1.54) is 5.56 Å². The second-order valence-corrected chi connectivity index (χ2v) is 8.38. The Labute approximate surface area is 194 Å². The average molecular weight is 495 g/mol. The molecule has 32 heavy (non-hydrogen) atoms. The molecule has 0 amide bonds. The number of rotatable bonds is 6. The number of aromatic amines is 1. The zero-order valence-electron chi connectivity index (χ0n) is 18.0. The number of aromatic nitrogens is 2. The van der Waals surface area contributed by atoms with Crippen LogP contribution in [0.2, 0.25) is 0 Å². The lowest BCUT2D eigenvalue weighted by molar-refractivity contribution is 0.267. The van der Waals surface area contributed by atoms with Gasteiger partial charge in [-0.15, -0.1) is 5.10 Å². The Morgan fingerprint density at radius 3 is 2.66 bits per heavy atom. The number of nitrogens with zero attached hydrogens (tertiary/aromatic N) is 2. The smallest absolute Gasteiger partial charge is 0.244 e. The van der Waals surface area contributed by atoms with Crippen LogP contribution in [0.3, 0.4) is 0 Å². The highest BCUT2D eigenvalue weighted by molar-refractivity contribution is 9.10. The number of H-pyrrole nitrogens is 1. The molecule has 0 spiro atoms. The van der Waals surface area contributed by atoms with Crippen LogP contribution < -0.4 is 19.9 Å². The van der Waals surface area contributed by atoms with Gasteiger partial charge in [0.25, 0.3) is 0 Å². The minimum atomic E-state index is -0.441. The third kappa shape index (κ3) is 4.04. The third-order valence-corrected chi connectivity index (χ3v) is 5.89. The number of aryl methyl sites for hydroxylation is 2. The molecule has 0 saturated heterocycles.